The number of hydrogen-bond donors (Lipinski definition) is 2. The lowest BCUT2D eigenvalue weighted by Crippen LogP contribution is -2.44. The van der Waals surface area contributed by atoms with Gasteiger partial charge in [-0.25, -0.2) is 4.79 Å². The van der Waals surface area contributed by atoms with E-state index in [1.807, 2.05) is 12.1 Å². The van der Waals surface area contributed by atoms with Crippen molar-refractivity contribution < 1.29 is 28.6 Å². The zero-order valence-electron chi connectivity index (χ0n) is 22.3. The first-order chi connectivity index (χ1) is 18.4. The van der Waals surface area contributed by atoms with E-state index in [9.17, 15) is 14.4 Å². The van der Waals surface area contributed by atoms with Crippen LogP contribution in [-0.2, 0) is 33.7 Å². The number of rotatable bonds is 5. The number of amides is 2. The van der Waals surface area contributed by atoms with Gasteiger partial charge in [-0.3, -0.25) is 14.5 Å². The summed E-state index contributed by atoms with van der Waals surface area (Å²) in [5, 5.41) is 6.20. The largest absolute Gasteiger partial charge is 0.493 e. The molecular formula is C28H37N3O6S. The molecule has 0 unspecified atom stereocenters. The second-order valence-corrected chi connectivity index (χ2v) is 10.9. The second kappa shape index (κ2) is 13.1. The Hall–Kier alpha value is -3.11. The maximum absolute atomic E-state index is 12.9. The van der Waals surface area contributed by atoms with Gasteiger partial charge in [0, 0.05) is 49.4 Å². The number of fused-ring (bicyclic) bond motifs is 4. The van der Waals surface area contributed by atoms with E-state index in [1.54, 1.807) is 20.3 Å². The van der Waals surface area contributed by atoms with Crippen LogP contribution in [-0.4, -0.2) is 69.2 Å². The number of carbonyl (C=O) groups is 3. The Labute approximate surface area is 227 Å². The van der Waals surface area contributed by atoms with E-state index in [0.717, 1.165) is 41.7 Å². The van der Waals surface area contributed by atoms with Crippen molar-refractivity contribution in [2.45, 2.75) is 63.6 Å². The number of esters is 1. The molecule has 4 rings (SSSR count). The van der Waals surface area contributed by atoms with Crippen LogP contribution in [0.15, 0.2) is 24.3 Å². The number of benzene rings is 1. The number of nitrogens with one attached hydrogen (secondary N) is 2. The van der Waals surface area contributed by atoms with Crippen molar-refractivity contribution in [3.05, 3.63) is 45.1 Å². The van der Waals surface area contributed by atoms with Gasteiger partial charge < -0.3 is 24.8 Å². The van der Waals surface area contributed by atoms with E-state index >= 15 is 0 Å². The number of ether oxygens (including phenoxy) is 3. The molecule has 2 atom stereocenters. The van der Waals surface area contributed by atoms with Gasteiger partial charge in [0.05, 0.1) is 21.3 Å². The Morgan fingerprint density at radius 3 is 2.58 bits per heavy atom. The van der Waals surface area contributed by atoms with Crippen molar-refractivity contribution in [1.29, 1.82) is 0 Å². The molecule has 3 heterocycles. The van der Waals surface area contributed by atoms with Crippen molar-refractivity contribution in [1.82, 2.24) is 15.5 Å². The number of carbonyl (C=O) groups excluding carboxylic acids is 3. The highest BCUT2D eigenvalue weighted by Crippen LogP contribution is 2.34. The molecule has 1 fully saturated rings. The fourth-order valence-corrected chi connectivity index (χ4v) is 6.31. The molecule has 1 aromatic heterocycles. The van der Waals surface area contributed by atoms with E-state index in [-0.39, 0.29) is 29.9 Å². The SMILES string of the molecule is COC(=O)c1ccc(CN2[C@@H]3CC[C@H]2CC(=O)NCCCc2cc(cc(OC)c2OC)CCC(=O)NC3)s1. The van der Waals surface area contributed by atoms with Crippen LogP contribution < -0.4 is 20.1 Å². The van der Waals surface area contributed by atoms with Gasteiger partial charge in [-0.15, -0.1) is 11.3 Å². The Morgan fingerprint density at radius 1 is 1.00 bits per heavy atom. The van der Waals surface area contributed by atoms with E-state index in [2.05, 4.69) is 21.6 Å². The van der Waals surface area contributed by atoms with E-state index < -0.39 is 0 Å². The van der Waals surface area contributed by atoms with E-state index in [4.69, 9.17) is 14.2 Å². The summed E-state index contributed by atoms with van der Waals surface area (Å²) in [6.45, 7) is 1.70. The Morgan fingerprint density at radius 2 is 1.82 bits per heavy atom. The zero-order valence-corrected chi connectivity index (χ0v) is 23.2. The number of thiophene rings is 1. The molecule has 2 amide bonds. The van der Waals surface area contributed by atoms with Crippen LogP contribution >= 0.6 is 11.3 Å². The molecule has 206 valence electrons. The van der Waals surface area contributed by atoms with Gasteiger partial charge in [0.25, 0.3) is 0 Å². The van der Waals surface area contributed by atoms with Gasteiger partial charge in [0.15, 0.2) is 11.5 Å². The predicted octanol–water partition coefficient (Wildman–Crippen LogP) is 3.09. The Bertz CT molecular complexity index is 1150. The monoisotopic (exact) mass is 543 g/mol. The third kappa shape index (κ3) is 6.85. The quantitative estimate of drug-likeness (QED) is 0.559. The summed E-state index contributed by atoms with van der Waals surface area (Å²) in [6, 6.07) is 7.90. The fraction of sp³-hybridized carbons (Fsp3) is 0.536. The average Bonchev–Trinajstić information content (AvgIpc) is 3.54. The molecule has 0 aliphatic carbocycles. The number of aryl methyl sites for hydroxylation is 2. The van der Waals surface area contributed by atoms with Crippen LogP contribution in [0.5, 0.6) is 11.5 Å². The van der Waals surface area contributed by atoms with Gasteiger partial charge in [0.2, 0.25) is 11.8 Å². The van der Waals surface area contributed by atoms with Gasteiger partial charge in [-0.1, -0.05) is 6.07 Å². The smallest absolute Gasteiger partial charge is 0.348 e. The van der Waals surface area contributed by atoms with Crippen LogP contribution in [0.4, 0.5) is 0 Å². The Kier molecular flexibility index (Phi) is 9.63. The molecule has 9 nitrogen and oxygen atoms in total. The molecule has 2 aromatic rings. The standard InChI is InChI=1S/C28H37N3O6S/c1-35-23-14-18-6-11-25(32)30-16-21-8-7-20(31(21)17-22-9-10-24(38-22)28(34)37-3)15-26(33)29-12-4-5-19(13-18)27(23)36-2/h9-10,13-14,20-21H,4-8,11-12,15-17H2,1-3H3,(H,29,33)(H,30,32)/t20-,21+/m0/s1. The maximum Gasteiger partial charge on any atom is 0.348 e. The summed E-state index contributed by atoms with van der Waals surface area (Å²) < 4.78 is 16.0. The summed E-state index contributed by atoms with van der Waals surface area (Å²) in [7, 11) is 4.61. The third-order valence-corrected chi connectivity index (χ3v) is 8.37. The molecule has 2 aliphatic heterocycles. The summed E-state index contributed by atoms with van der Waals surface area (Å²) in [6.07, 6.45) is 4.62. The van der Waals surface area contributed by atoms with Crippen molar-refractivity contribution in [2.75, 3.05) is 34.4 Å². The average molecular weight is 544 g/mol. The minimum Gasteiger partial charge on any atom is -0.493 e. The lowest BCUT2D eigenvalue weighted by molar-refractivity contribution is -0.123. The predicted molar refractivity (Wildman–Crippen MR) is 145 cm³/mol. The molecule has 0 saturated carbocycles. The van der Waals surface area contributed by atoms with Gasteiger partial charge >= 0.3 is 5.97 Å². The van der Waals surface area contributed by atoms with Crippen LogP contribution in [0.25, 0.3) is 0 Å². The summed E-state index contributed by atoms with van der Waals surface area (Å²) in [4.78, 5) is 41.5. The highest BCUT2D eigenvalue weighted by Gasteiger charge is 2.35. The molecule has 2 aliphatic rings. The van der Waals surface area contributed by atoms with Crippen LogP contribution in [0.3, 0.4) is 0 Å². The lowest BCUT2D eigenvalue weighted by Gasteiger charge is -2.30. The zero-order chi connectivity index (χ0) is 27.1. The fourth-order valence-electron chi connectivity index (χ4n) is 5.37. The second-order valence-electron chi connectivity index (χ2n) is 9.77. The first kappa shape index (κ1) is 27.9. The van der Waals surface area contributed by atoms with Gasteiger partial charge in [0.1, 0.15) is 4.88 Å². The molecule has 0 radical (unpaired) electrons. The first-order valence-electron chi connectivity index (χ1n) is 13.1. The first-order valence-corrected chi connectivity index (χ1v) is 13.9. The highest BCUT2D eigenvalue weighted by molar-refractivity contribution is 7.13. The van der Waals surface area contributed by atoms with Crippen molar-refractivity contribution in [3.63, 3.8) is 0 Å². The minimum atomic E-state index is -0.347. The van der Waals surface area contributed by atoms with Crippen molar-refractivity contribution >= 4 is 29.1 Å². The van der Waals surface area contributed by atoms with E-state index in [1.165, 1.54) is 18.4 Å². The minimum absolute atomic E-state index is 0.00380. The lowest BCUT2D eigenvalue weighted by atomic mass is 10.0. The molecule has 38 heavy (non-hydrogen) atoms. The summed E-state index contributed by atoms with van der Waals surface area (Å²) >= 11 is 1.41. The summed E-state index contributed by atoms with van der Waals surface area (Å²) in [5.41, 5.74) is 2.02. The highest BCUT2D eigenvalue weighted by atomic mass is 32.1. The topological polar surface area (TPSA) is 106 Å². The van der Waals surface area contributed by atoms with Crippen molar-refractivity contribution in [2.24, 2.45) is 0 Å². The van der Waals surface area contributed by atoms with Crippen LogP contribution in [0, 0.1) is 0 Å². The third-order valence-electron chi connectivity index (χ3n) is 7.32. The number of methoxy groups -OCH3 is 3. The van der Waals surface area contributed by atoms with Gasteiger partial charge in [-0.05, 0) is 61.4 Å². The molecular weight excluding hydrogens is 506 g/mol. The molecule has 2 N–H and O–H groups in total. The Balaban J connectivity index is 1.51. The molecule has 4 bridgehead atoms. The molecule has 10 heteroatoms. The van der Waals surface area contributed by atoms with Crippen LogP contribution in [0.2, 0.25) is 0 Å². The molecule has 1 aromatic carbocycles. The normalized spacial score (nSPS) is 21.2. The maximum atomic E-state index is 12.9. The number of hydrogen-bond acceptors (Lipinski definition) is 8. The van der Waals surface area contributed by atoms with E-state index in [0.29, 0.717) is 55.3 Å². The van der Waals surface area contributed by atoms with Crippen molar-refractivity contribution in [3.8, 4) is 11.5 Å². The molecule has 0 spiro atoms. The van der Waals surface area contributed by atoms with Crippen LogP contribution in [0.1, 0.15) is 57.8 Å². The summed E-state index contributed by atoms with van der Waals surface area (Å²) in [5.74, 6) is 1.02. The molecule has 1 saturated heterocycles. The number of nitrogens with zero attached hydrogens (tertiary/aromatic N) is 1. The van der Waals surface area contributed by atoms with Gasteiger partial charge in [-0.2, -0.15) is 0 Å².